The van der Waals surface area contributed by atoms with Gasteiger partial charge in [0.25, 0.3) is 13.6 Å². The van der Waals surface area contributed by atoms with E-state index in [2.05, 4.69) is 19.6 Å². The number of rotatable bonds is 9. The molecule has 0 aromatic carbocycles. The molecule has 4 heterocycles. The fourth-order valence-electron chi connectivity index (χ4n) is 3.03. The number of pyridine rings is 3. The summed E-state index contributed by atoms with van der Waals surface area (Å²) in [5.74, 6) is 1.01. The second-order valence-electron chi connectivity index (χ2n) is 7.11. The van der Waals surface area contributed by atoms with Crippen LogP contribution in [0.3, 0.4) is 0 Å². The molecule has 13 heteroatoms. The highest BCUT2D eigenvalue weighted by Crippen LogP contribution is 2.30. The van der Waals surface area contributed by atoms with Crippen molar-refractivity contribution in [3.8, 4) is 17.2 Å². The summed E-state index contributed by atoms with van der Waals surface area (Å²) in [6.07, 6.45) is 3.63. The maximum absolute atomic E-state index is 10.8. The zero-order chi connectivity index (χ0) is 24.1. The van der Waals surface area contributed by atoms with Gasteiger partial charge in [0, 0.05) is 24.8 Å². The van der Waals surface area contributed by atoms with Crippen molar-refractivity contribution in [1.82, 2.24) is 15.1 Å². The van der Waals surface area contributed by atoms with Gasteiger partial charge in [0.2, 0.25) is 5.88 Å². The third kappa shape index (κ3) is 6.37. The van der Waals surface area contributed by atoms with Crippen molar-refractivity contribution in [3.63, 3.8) is 0 Å². The van der Waals surface area contributed by atoms with Crippen LogP contribution in [0, 0.1) is 0 Å². The number of nitrogens with two attached hydrogens (primary N) is 1. The molecule has 3 N–H and O–H groups in total. The van der Waals surface area contributed by atoms with Crippen molar-refractivity contribution < 1.29 is 32.7 Å². The first-order chi connectivity index (χ1) is 16.3. The molecule has 0 saturated carbocycles. The number of aromatic nitrogens is 4. The highest BCUT2D eigenvalue weighted by molar-refractivity contribution is 7.44. The maximum atomic E-state index is 10.8. The van der Waals surface area contributed by atoms with Gasteiger partial charge < -0.3 is 19.0 Å². The number of halogens is 1. The zero-order valence-corrected chi connectivity index (χ0v) is 19.2. The number of nitrogens with zero attached hydrogens (tertiary/aromatic N) is 4. The quantitative estimate of drug-likeness (QED) is 0.197. The average Bonchev–Trinajstić information content (AvgIpc) is 3.25. The Morgan fingerprint density at radius 2 is 2.06 bits per heavy atom. The Kier molecular flexibility index (Phi) is 7.20. The minimum Gasteiger partial charge on any atom is -0.756 e. The van der Waals surface area contributed by atoms with Crippen molar-refractivity contribution in [3.05, 3.63) is 83.0 Å². The molecule has 34 heavy (non-hydrogen) atoms. The number of phosphoric ester groups is 1. The lowest BCUT2D eigenvalue weighted by Gasteiger charge is -2.14. The van der Waals surface area contributed by atoms with E-state index in [0.717, 1.165) is 5.56 Å². The lowest BCUT2D eigenvalue weighted by atomic mass is 10.1. The predicted octanol–water partition coefficient (Wildman–Crippen LogP) is 2.26. The molecule has 0 bridgehead atoms. The second-order valence-corrected chi connectivity index (χ2v) is 8.69. The molecule has 0 spiro atoms. The predicted molar refractivity (Wildman–Crippen MR) is 118 cm³/mol. The summed E-state index contributed by atoms with van der Waals surface area (Å²) in [6.45, 7) is -0.237. The van der Waals surface area contributed by atoms with Gasteiger partial charge in [0.15, 0.2) is 12.5 Å². The van der Waals surface area contributed by atoms with Gasteiger partial charge in [0.05, 0.1) is 17.6 Å². The van der Waals surface area contributed by atoms with Gasteiger partial charge in [-0.2, -0.15) is 0 Å². The van der Waals surface area contributed by atoms with Gasteiger partial charge in [0.1, 0.15) is 17.3 Å². The van der Waals surface area contributed by atoms with Gasteiger partial charge in [-0.15, -0.1) is 0 Å². The lowest BCUT2D eigenvalue weighted by Crippen LogP contribution is -2.38. The van der Waals surface area contributed by atoms with Gasteiger partial charge in [-0.1, -0.05) is 28.9 Å². The number of anilines is 1. The SMILES string of the molecule is Nc1c(-c2cc(Cc3ccc(OCc4cccc(Cl)n4)nc3)no2)ccc[n+]1COP(=O)([O-])O. The van der Waals surface area contributed by atoms with Crippen LogP contribution < -0.4 is 19.9 Å². The summed E-state index contributed by atoms with van der Waals surface area (Å²) >= 11 is 5.87. The Morgan fingerprint density at radius 1 is 1.21 bits per heavy atom. The normalized spacial score (nSPS) is 12.9. The van der Waals surface area contributed by atoms with Gasteiger partial charge >= 0.3 is 0 Å². The van der Waals surface area contributed by atoms with Crippen LogP contribution >= 0.6 is 19.4 Å². The monoisotopic (exact) mass is 503 g/mol. The van der Waals surface area contributed by atoms with Crippen LogP contribution in [-0.2, 0) is 28.8 Å². The molecule has 1 unspecified atom stereocenters. The number of ether oxygens (including phenoxy) is 1. The first-order valence-corrected chi connectivity index (χ1v) is 11.8. The topological polar surface area (TPSA) is 161 Å². The fourth-order valence-corrected chi connectivity index (χ4v) is 3.48. The van der Waals surface area contributed by atoms with Crippen molar-refractivity contribution in [1.29, 1.82) is 0 Å². The highest BCUT2D eigenvalue weighted by Gasteiger charge is 2.18. The molecule has 0 saturated heterocycles. The minimum atomic E-state index is -4.88. The van der Waals surface area contributed by atoms with E-state index < -0.39 is 14.6 Å². The van der Waals surface area contributed by atoms with Crippen LogP contribution in [0.25, 0.3) is 11.3 Å². The van der Waals surface area contributed by atoms with E-state index in [1.165, 1.54) is 10.8 Å². The van der Waals surface area contributed by atoms with Crippen molar-refractivity contribution in [2.24, 2.45) is 0 Å². The van der Waals surface area contributed by atoms with Gasteiger partial charge in [-0.05, 0) is 29.8 Å². The average molecular weight is 504 g/mol. The second kappa shape index (κ2) is 10.3. The van der Waals surface area contributed by atoms with E-state index in [1.54, 1.807) is 42.6 Å². The van der Waals surface area contributed by atoms with Gasteiger partial charge in [-0.25, -0.2) is 14.5 Å². The van der Waals surface area contributed by atoms with Gasteiger partial charge in [-0.3, -0.25) is 14.8 Å². The first kappa shape index (κ1) is 23.8. The fraction of sp³-hybridized carbons (Fsp3) is 0.143. The maximum Gasteiger partial charge on any atom is 0.285 e. The number of phosphoric acid groups is 1. The highest BCUT2D eigenvalue weighted by atomic mass is 35.5. The number of nitrogen functional groups attached to an aromatic ring is 1. The number of hydrogen-bond acceptors (Lipinski definition) is 9. The Bertz CT molecular complexity index is 1330. The summed E-state index contributed by atoms with van der Waals surface area (Å²) in [7, 11) is -4.88. The summed E-state index contributed by atoms with van der Waals surface area (Å²) in [5.41, 5.74) is 8.79. The molecule has 0 radical (unpaired) electrons. The Hall–Kier alpha value is -3.34. The van der Waals surface area contributed by atoms with E-state index in [-0.39, 0.29) is 12.4 Å². The first-order valence-electron chi connectivity index (χ1n) is 9.88. The lowest BCUT2D eigenvalue weighted by molar-refractivity contribution is -0.712. The van der Waals surface area contributed by atoms with Crippen LogP contribution in [0.5, 0.6) is 5.88 Å². The molecule has 0 fully saturated rings. The molecule has 0 aliphatic rings. The molecule has 4 rings (SSSR count). The summed E-state index contributed by atoms with van der Waals surface area (Å²) in [6, 6.07) is 13.9. The molecule has 0 amide bonds. The van der Waals surface area contributed by atoms with Crippen LogP contribution in [0.4, 0.5) is 5.82 Å². The molecular weight excluding hydrogens is 485 g/mol. The smallest absolute Gasteiger partial charge is 0.285 e. The Labute approximate surface area is 199 Å². The minimum absolute atomic E-state index is 0.177. The van der Waals surface area contributed by atoms with E-state index in [1.807, 2.05) is 12.1 Å². The van der Waals surface area contributed by atoms with E-state index in [4.69, 9.17) is 31.5 Å². The molecule has 1 atom stereocenters. The summed E-state index contributed by atoms with van der Waals surface area (Å²) < 4.78 is 27.6. The van der Waals surface area contributed by atoms with Crippen LogP contribution in [0.1, 0.15) is 17.0 Å². The molecule has 0 aliphatic carbocycles. The molecular formula is C21H19ClN5O6P. The van der Waals surface area contributed by atoms with E-state index >= 15 is 0 Å². The van der Waals surface area contributed by atoms with Crippen molar-refractivity contribution >= 4 is 25.2 Å². The van der Waals surface area contributed by atoms with E-state index in [9.17, 15) is 9.46 Å². The van der Waals surface area contributed by atoms with Crippen LogP contribution in [-0.4, -0.2) is 20.0 Å². The van der Waals surface area contributed by atoms with E-state index in [0.29, 0.717) is 40.2 Å². The molecule has 0 aliphatic heterocycles. The molecule has 11 nitrogen and oxygen atoms in total. The van der Waals surface area contributed by atoms with Crippen LogP contribution in [0.2, 0.25) is 5.15 Å². The molecule has 176 valence electrons. The standard InChI is InChI=1S/C21H19ClN5O6P/c22-19-5-1-3-15(25-19)12-31-20-7-6-14(11-24-20)9-16-10-18(33-26-16)17-4-2-8-27(21(17)23)13-32-34(28,29)30/h1-8,10-11,23H,9,12-13H2,(H2,28,29,30). The van der Waals surface area contributed by atoms with Crippen molar-refractivity contribution in [2.75, 3.05) is 5.73 Å². The summed E-state index contributed by atoms with van der Waals surface area (Å²) in [5, 5.41) is 4.46. The Balaban J connectivity index is 1.40. The van der Waals surface area contributed by atoms with Crippen molar-refractivity contribution in [2.45, 2.75) is 19.8 Å². The van der Waals surface area contributed by atoms with Crippen LogP contribution in [0.15, 0.2) is 65.4 Å². The number of hydrogen-bond donors (Lipinski definition) is 2. The third-order valence-corrected chi connectivity index (χ3v) is 5.27. The molecule has 4 aromatic rings. The third-order valence-electron chi connectivity index (χ3n) is 4.62. The zero-order valence-electron chi connectivity index (χ0n) is 17.6. The Morgan fingerprint density at radius 3 is 2.79 bits per heavy atom. The molecule has 4 aromatic heterocycles. The largest absolute Gasteiger partial charge is 0.756 e. The summed E-state index contributed by atoms with van der Waals surface area (Å²) in [4.78, 5) is 28.1.